The van der Waals surface area contributed by atoms with Crippen molar-refractivity contribution in [2.24, 2.45) is 5.92 Å². The number of fused-ring (bicyclic) bond motifs is 1. The third-order valence-corrected chi connectivity index (χ3v) is 5.40. The molecule has 3 aromatic rings. The van der Waals surface area contributed by atoms with Gasteiger partial charge in [0.2, 0.25) is 0 Å². The molecule has 0 aliphatic heterocycles. The van der Waals surface area contributed by atoms with Crippen molar-refractivity contribution in [1.29, 1.82) is 0 Å². The highest BCUT2D eigenvalue weighted by atomic mass is 16.2. The molecular weight excluding hydrogens is 334 g/mol. The Hall–Kier alpha value is -2.75. The van der Waals surface area contributed by atoms with Crippen molar-refractivity contribution in [1.82, 2.24) is 14.9 Å². The fraction of sp³-hybridized carbons (Fsp3) is 0.348. The van der Waals surface area contributed by atoms with E-state index in [4.69, 9.17) is 0 Å². The van der Waals surface area contributed by atoms with Crippen molar-refractivity contribution in [3.05, 3.63) is 72.2 Å². The van der Waals surface area contributed by atoms with Gasteiger partial charge >= 0.3 is 0 Å². The summed E-state index contributed by atoms with van der Waals surface area (Å²) < 4.78 is 0. The Balaban J connectivity index is 1.59. The molecule has 4 rings (SSSR count). The van der Waals surface area contributed by atoms with Crippen LogP contribution in [-0.2, 0) is 6.54 Å². The van der Waals surface area contributed by atoms with E-state index in [0.717, 1.165) is 23.0 Å². The maximum atomic E-state index is 13.3. The number of para-hydroxylation sites is 1. The van der Waals surface area contributed by atoms with Crippen LogP contribution in [0.4, 0.5) is 0 Å². The van der Waals surface area contributed by atoms with E-state index >= 15 is 0 Å². The van der Waals surface area contributed by atoms with Crippen LogP contribution >= 0.6 is 0 Å². The van der Waals surface area contributed by atoms with Gasteiger partial charge in [-0.2, -0.15) is 0 Å². The molecule has 0 radical (unpaired) electrons. The van der Waals surface area contributed by atoms with Crippen molar-refractivity contribution in [3.63, 3.8) is 0 Å². The number of hydrogen-bond acceptors (Lipinski definition) is 3. The van der Waals surface area contributed by atoms with Gasteiger partial charge < -0.3 is 4.90 Å². The lowest BCUT2D eigenvalue weighted by Gasteiger charge is -2.29. The summed E-state index contributed by atoms with van der Waals surface area (Å²) in [7, 11) is 0. The van der Waals surface area contributed by atoms with E-state index in [2.05, 4.69) is 9.97 Å². The molecule has 4 heteroatoms. The summed E-state index contributed by atoms with van der Waals surface area (Å²) in [6.45, 7) is 1.37. The van der Waals surface area contributed by atoms with Crippen LogP contribution in [-0.4, -0.2) is 27.3 Å². The molecule has 2 aromatic heterocycles. The smallest absolute Gasteiger partial charge is 0.272 e. The van der Waals surface area contributed by atoms with E-state index in [1.807, 2.05) is 59.6 Å². The number of carbonyl (C=O) groups is 1. The highest BCUT2D eigenvalue weighted by Crippen LogP contribution is 2.25. The second-order valence-corrected chi connectivity index (χ2v) is 7.44. The molecule has 1 amide bonds. The molecule has 0 saturated heterocycles. The van der Waals surface area contributed by atoms with Gasteiger partial charge in [-0.15, -0.1) is 0 Å². The first-order valence-corrected chi connectivity index (χ1v) is 9.83. The van der Waals surface area contributed by atoms with Crippen molar-refractivity contribution >= 4 is 16.8 Å². The monoisotopic (exact) mass is 359 g/mol. The Labute approximate surface area is 160 Å². The molecule has 0 atom stereocenters. The zero-order chi connectivity index (χ0) is 18.5. The maximum absolute atomic E-state index is 13.3. The minimum absolute atomic E-state index is 0.00943. The number of nitrogens with zero attached hydrogens (tertiary/aromatic N) is 3. The standard InChI is InChI=1S/C23H25N3O/c27-23(22-13-12-20-10-4-5-11-21(20)25-22)26(16-18-7-2-1-3-8-18)17-19-9-6-14-24-15-19/h4-6,9-15,18H,1-3,7-8,16-17H2. The summed E-state index contributed by atoms with van der Waals surface area (Å²) in [6, 6.07) is 15.7. The van der Waals surface area contributed by atoms with Gasteiger partial charge in [-0.1, -0.05) is 49.6 Å². The summed E-state index contributed by atoms with van der Waals surface area (Å²) in [5.41, 5.74) is 2.44. The van der Waals surface area contributed by atoms with Gasteiger partial charge in [-0.3, -0.25) is 9.78 Å². The van der Waals surface area contributed by atoms with Crippen LogP contribution in [0, 0.1) is 5.92 Å². The van der Waals surface area contributed by atoms with Crippen LogP contribution in [0.5, 0.6) is 0 Å². The van der Waals surface area contributed by atoms with Crippen molar-refractivity contribution < 1.29 is 4.79 Å². The van der Waals surface area contributed by atoms with E-state index < -0.39 is 0 Å². The molecule has 0 bridgehead atoms. The predicted molar refractivity (Wildman–Crippen MR) is 107 cm³/mol. The number of benzene rings is 1. The molecule has 4 nitrogen and oxygen atoms in total. The first-order chi connectivity index (χ1) is 13.3. The molecule has 27 heavy (non-hydrogen) atoms. The Morgan fingerprint density at radius 1 is 1.00 bits per heavy atom. The third kappa shape index (κ3) is 4.33. The van der Waals surface area contributed by atoms with Crippen LogP contribution < -0.4 is 0 Å². The summed E-state index contributed by atoms with van der Waals surface area (Å²) >= 11 is 0. The van der Waals surface area contributed by atoms with Gasteiger partial charge in [-0.05, 0) is 42.5 Å². The van der Waals surface area contributed by atoms with Gasteiger partial charge in [0.1, 0.15) is 5.69 Å². The van der Waals surface area contributed by atoms with Crippen molar-refractivity contribution in [2.75, 3.05) is 6.54 Å². The SMILES string of the molecule is O=C(c1ccc2ccccc2n1)N(Cc1cccnc1)CC1CCCCC1. The lowest BCUT2D eigenvalue weighted by Crippen LogP contribution is -2.36. The van der Waals surface area contributed by atoms with Gasteiger partial charge in [0.05, 0.1) is 5.52 Å². The minimum Gasteiger partial charge on any atom is -0.333 e. The van der Waals surface area contributed by atoms with Crippen LogP contribution in [0.15, 0.2) is 60.9 Å². The fourth-order valence-electron chi connectivity index (χ4n) is 3.96. The van der Waals surface area contributed by atoms with Crippen molar-refractivity contribution in [2.45, 2.75) is 38.6 Å². The average Bonchev–Trinajstić information content (AvgIpc) is 2.74. The van der Waals surface area contributed by atoms with Gasteiger partial charge in [0, 0.05) is 30.9 Å². The Morgan fingerprint density at radius 3 is 2.67 bits per heavy atom. The van der Waals surface area contributed by atoms with E-state index in [9.17, 15) is 4.79 Å². The van der Waals surface area contributed by atoms with Gasteiger partial charge in [-0.25, -0.2) is 4.98 Å². The second kappa shape index (κ2) is 8.30. The highest BCUT2D eigenvalue weighted by Gasteiger charge is 2.23. The zero-order valence-electron chi connectivity index (χ0n) is 15.6. The molecule has 0 N–H and O–H groups in total. The van der Waals surface area contributed by atoms with E-state index in [-0.39, 0.29) is 5.91 Å². The van der Waals surface area contributed by atoms with Crippen LogP contribution in [0.3, 0.4) is 0 Å². The molecule has 1 aromatic carbocycles. The molecule has 1 saturated carbocycles. The maximum Gasteiger partial charge on any atom is 0.272 e. The molecule has 0 unspecified atom stereocenters. The number of rotatable bonds is 5. The predicted octanol–water partition coefficient (Wildman–Crippen LogP) is 4.85. The number of amides is 1. The molecule has 1 aliphatic carbocycles. The lowest BCUT2D eigenvalue weighted by atomic mass is 9.89. The molecule has 1 aliphatic rings. The molecule has 138 valence electrons. The van der Waals surface area contributed by atoms with E-state index in [0.29, 0.717) is 18.2 Å². The largest absolute Gasteiger partial charge is 0.333 e. The van der Waals surface area contributed by atoms with Gasteiger partial charge in [0.25, 0.3) is 5.91 Å². The number of hydrogen-bond donors (Lipinski definition) is 0. The number of aromatic nitrogens is 2. The Kier molecular flexibility index (Phi) is 5.42. The molecule has 0 spiro atoms. The van der Waals surface area contributed by atoms with E-state index in [1.165, 1.54) is 32.1 Å². The second-order valence-electron chi connectivity index (χ2n) is 7.44. The lowest BCUT2D eigenvalue weighted by molar-refractivity contribution is 0.0693. The Morgan fingerprint density at radius 2 is 1.85 bits per heavy atom. The quantitative estimate of drug-likeness (QED) is 0.654. The van der Waals surface area contributed by atoms with Crippen LogP contribution in [0.2, 0.25) is 0 Å². The average molecular weight is 359 g/mol. The third-order valence-electron chi connectivity index (χ3n) is 5.40. The summed E-state index contributed by atoms with van der Waals surface area (Å²) in [4.78, 5) is 24.1. The molecular formula is C23H25N3O. The van der Waals surface area contributed by atoms with Crippen molar-refractivity contribution in [3.8, 4) is 0 Å². The normalized spacial score (nSPS) is 15.0. The first kappa shape index (κ1) is 17.7. The molecule has 1 fully saturated rings. The zero-order valence-corrected chi connectivity index (χ0v) is 15.6. The topological polar surface area (TPSA) is 46.1 Å². The summed E-state index contributed by atoms with van der Waals surface area (Å²) in [6.07, 6.45) is 9.89. The number of pyridine rings is 2. The number of carbonyl (C=O) groups excluding carboxylic acids is 1. The van der Waals surface area contributed by atoms with Crippen LogP contribution in [0.1, 0.15) is 48.2 Å². The Bertz CT molecular complexity index is 904. The molecule has 2 heterocycles. The van der Waals surface area contributed by atoms with Gasteiger partial charge in [0.15, 0.2) is 0 Å². The van der Waals surface area contributed by atoms with E-state index in [1.54, 1.807) is 6.20 Å². The first-order valence-electron chi connectivity index (χ1n) is 9.83. The highest BCUT2D eigenvalue weighted by molar-refractivity contribution is 5.94. The minimum atomic E-state index is 0.00943. The van der Waals surface area contributed by atoms with Crippen LogP contribution in [0.25, 0.3) is 10.9 Å². The fourth-order valence-corrected chi connectivity index (χ4v) is 3.96. The summed E-state index contributed by atoms with van der Waals surface area (Å²) in [5.74, 6) is 0.593. The summed E-state index contributed by atoms with van der Waals surface area (Å²) in [5, 5.41) is 1.06.